The van der Waals surface area contributed by atoms with Crippen molar-refractivity contribution in [3.63, 3.8) is 0 Å². The average Bonchev–Trinajstić information content (AvgIpc) is 2.35. The van der Waals surface area contributed by atoms with Gasteiger partial charge in [-0.3, -0.25) is 0 Å². The summed E-state index contributed by atoms with van der Waals surface area (Å²) in [5, 5.41) is 3.25. The van der Waals surface area contributed by atoms with Crippen molar-refractivity contribution < 1.29 is 14.2 Å². The molecule has 0 unspecified atom stereocenters. The van der Waals surface area contributed by atoms with Crippen LogP contribution >= 0.6 is 0 Å². The van der Waals surface area contributed by atoms with E-state index in [0.717, 1.165) is 30.2 Å². The number of hydrogen-bond acceptors (Lipinski definition) is 4. The van der Waals surface area contributed by atoms with E-state index in [1.807, 2.05) is 12.1 Å². The molecule has 0 radical (unpaired) electrons. The molecule has 4 nitrogen and oxygen atoms in total. The Morgan fingerprint density at radius 2 is 1.50 bits per heavy atom. The number of benzene rings is 1. The topological polar surface area (TPSA) is 39.7 Å². The van der Waals surface area contributed by atoms with Gasteiger partial charge in [-0.1, -0.05) is 6.92 Å². The van der Waals surface area contributed by atoms with Crippen LogP contribution in [0.2, 0.25) is 0 Å². The molecular formula is C12H19NO3. The largest absolute Gasteiger partial charge is 0.496 e. The molecule has 1 aromatic carbocycles. The van der Waals surface area contributed by atoms with Gasteiger partial charge in [-0.15, -0.1) is 0 Å². The van der Waals surface area contributed by atoms with Crippen molar-refractivity contribution in [1.82, 2.24) is 5.32 Å². The minimum absolute atomic E-state index is 0.680. The molecule has 16 heavy (non-hydrogen) atoms. The second kappa shape index (κ2) is 6.23. The Morgan fingerprint density at radius 3 is 2.00 bits per heavy atom. The van der Waals surface area contributed by atoms with Gasteiger partial charge in [0.1, 0.15) is 5.75 Å². The molecule has 0 atom stereocenters. The molecule has 0 aliphatic carbocycles. The van der Waals surface area contributed by atoms with Crippen molar-refractivity contribution >= 4 is 0 Å². The number of rotatable bonds is 6. The van der Waals surface area contributed by atoms with Crippen LogP contribution in [0.4, 0.5) is 0 Å². The van der Waals surface area contributed by atoms with Crippen LogP contribution in [0.5, 0.6) is 17.2 Å². The first-order valence-corrected chi connectivity index (χ1v) is 5.26. The zero-order chi connectivity index (χ0) is 12.0. The van der Waals surface area contributed by atoms with E-state index in [1.54, 1.807) is 21.3 Å². The average molecular weight is 225 g/mol. The molecule has 0 aliphatic heterocycles. The summed E-state index contributed by atoms with van der Waals surface area (Å²) >= 11 is 0. The van der Waals surface area contributed by atoms with Crippen LogP contribution in [0.1, 0.15) is 12.5 Å². The third-order valence-corrected chi connectivity index (χ3v) is 2.35. The minimum Gasteiger partial charge on any atom is -0.496 e. The molecule has 0 saturated heterocycles. The summed E-state index contributed by atoms with van der Waals surface area (Å²) in [6, 6.07) is 3.77. The molecule has 90 valence electrons. The van der Waals surface area contributed by atoms with Crippen molar-refractivity contribution in [2.24, 2.45) is 0 Å². The van der Waals surface area contributed by atoms with Crippen LogP contribution in [0.3, 0.4) is 0 Å². The summed E-state index contributed by atoms with van der Waals surface area (Å²) in [4.78, 5) is 0. The van der Waals surface area contributed by atoms with E-state index < -0.39 is 0 Å². The van der Waals surface area contributed by atoms with Gasteiger partial charge in [0.15, 0.2) is 11.5 Å². The Morgan fingerprint density at radius 1 is 0.938 bits per heavy atom. The standard InChI is InChI=1S/C12H19NO3/c1-5-13-8-9-6-11(15-3)12(16-4)7-10(9)14-2/h6-7,13H,5,8H2,1-4H3. The predicted octanol–water partition coefficient (Wildman–Crippen LogP) is 1.82. The first kappa shape index (κ1) is 12.6. The second-order valence-electron chi connectivity index (χ2n) is 3.30. The summed E-state index contributed by atoms with van der Waals surface area (Å²) in [7, 11) is 4.89. The summed E-state index contributed by atoms with van der Waals surface area (Å²) < 4.78 is 15.8. The van der Waals surface area contributed by atoms with Gasteiger partial charge in [0.25, 0.3) is 0 Å². The lowest BCUT2D eigenvalue weighted by atomic mass is 10.1. The summed E-state index contributed by atoms with van der Waals surface area (Å²) in [6.07, 6.45) is 0. The minimum atomic E-state index is 0.680. The molecule has 0 aliphatic rings. The molecule has 0 bridgehead atoms. The third-order valence-electron chi connectivity index (χ3n) is 2.35. The number of nitrogens with one attached hydrogen (secondary N) is 1. The van der Waals surface area contributed by atoms with Gasteiger partial charge >= 0.3 is 0 Å². The van der Waals surface area contributed by atoms with Crippen molar-refractivity contribution in [3.8, 4) is 17.2 Å². The van der Waals surface area contributed by atoms with Crippen LogP contribution in [-0.2, 0) is 6.54 Å². The van der Waals surface area contributed by atoms with Crippen molar-refractivity contribution in [2.45, 2.75) is 13.5 Å². The van der Waals surface area contributed by atoms with Crippen molar-refractivity contribution in [2.75, 3.05) is 27.9 Å². The highest BCUT2D eigenvalue weighted by Crippen LogP contribution is 2.34. The van der Waals surface area contributed by atoms with E-state index in [0.29, 0.717) is 5.75 Å². The molecule has 4 heteroatoms. The lowest BCUT2D eigenvalue weighted by Gasteiger charge is -2.14. The molecule has 1 rings (SSSR count). The fourth-order valence-electron chi connectivity index (χ4n) is 1.49. The smallest absolute Gasteiger partial charge is 0.164 e. The summed E-state index contributed by atoms with van der Waals surface area (Å²) in [6.45, 7) is 3.73. The first-order valence-electron chi connectivity index (χ1n) is 5.26. The van der Waals surface area contributed by atoms with Crippen LogP contribution in [0.15, 0.2) is 12.1 Å². The van der Waals surface area contributed by atoms with Gasteiger partial charge < -0.3 is 19.5 Å². The first-order chi connectivity index (χ1) is 7.76. The highest BCUT2D eigenvalue weighted by Gasteiger charge is 2.10. The SMILES string of the molecule is CCNCc1cc(OC)c(OC)cc1OC. The van der Waals surface area contributed by atoms with E-state index in [4.69, 9.17) is 14.2 Å². The Kier molecular flexibility index (Phi) is 4.92. The summed E-state index contributed by atoms with van der Waals surface area (Å²) in [5.41, 5.74) is 1.06. The van der Waals surface area contributed by atoms with E-state index in [2.05, 4.69) is 12.2 Å². The molecule has 0 aromatic heterocycles. The number of hydrogen-bond donors (Lipinski definition) is 1. The molecule has 1 N–H and O–H groups in total. The van der Waals surface area contributed by atoms with E-state index in [-0.39, 0.29) is 0 Å². The zero-order valence-electron chi connectivity index (χ0n) is 10.3. The van der Waals surface area contributed by atoms with Crippen molar-refractivity contribution in [1.29, 1.82) is 0 Å². The maximum atomic E-state index is 5.31. The van der Waals surface area contributed by atoms with Gasteiger partial charge in [-0.05, 0) is 12.6 Å². The fraction of sp³-hybridized carbons (Fsp3) is 0.500. The molecule has 0 spiro atoms. The third kappa shape index (κ3) is 2.79. The number of ether oxygens (including phenoxy) is 3. The molecule has 0 saturated carbocycles. The van der Waals surface area contributed by atoms with Crippen LogP contribution < -0.4 is 19.5 Å². The Balaban J connectivity index is 3.05. The van der Waals surface area contributed by atoms with Gasteiger partial charge in [0, 0.05) is 18.2 Å². The Labute approximate surface area is 96.5 Å². The van der Waals surface area contributed by atoms with E-state index >= 15 is 0 Å². The highest BCUT2D eigenvalue weighted by atomic mass is 16.5. The lowest BCUT2D eigenvalue weighted by Crippen LogP contribution is -2.12. The molecular weight excluding hydrogens is 206 g/mol. The van der Waals surface area contributed by atoms with Crippen molar-refractivity contribution in [3.05, 3.63) is 17.7 Å². The van der Waals surface area contributed by atoms with Gasteiger partial charge in [-0.2, -0.15) is 0 Å². The quantitative estimate of drug-likeness (QED) is 0.801. The van der Waals surface area contributed by atoms with Gasteiger partial charge in [0.2, 0.25) is 0 Å². The van der Waals surface area contributed by atoms with E-state index in [9.17, 15) is 0 Å². The maximum absolute atomic E-state index is 5.31. The number of methoxy groups -OCH3 is 3. The van der Waals surface area contributed by atoms with Crippen LogP contribution in [-0.4, -0.2) is 27.9 Å². The monoisotopic (exact) mass is 225 g/mol. The molecule has 0 heterocycles. The molecule has 0 amide bonds. The highest BCUT2D eigenvalue weighted by molar-refractivity contribution is 5.50. The fourth-order valence-corrected chi connectivity index (χ4v) is 1.49. The van der Waals surface area contributed by atoms with Gasteiger partial charge in [0.05, 0.1) is 21.3 Å². The molecule has 0 fully saturated rings. The zero-order valence-corrected chi connectivity index (χ0v) is 10.3. The predicted molar refractivity (Wildman–Crippen MR) is 63.5 cm³/mol. The normalized spacial score (nSPS) is 10.0. The van der Waals surface area contributed by atoms with E-state index in [1.165, 1.54) is 0 Å². The maximum Gasteiger partial charge on any atom is 0.164 e. The van der Waals surface area contributed by atoms with Gasteiger partial charge in [-0.25, -0.2) is 0 Å². The van der Waals surface area contributed by atoms with Crippen LogP contribution in [0, 0.1) is 0 Å². The summed E-state index contributed by atoms with van der Waals surface area (Å²) in [5.74, 6) is 2.20. The molecule has 1 aromatic rings. The Bertz CT molecular complexity index is 339. The lowest BCUT2D eigenvalue weighted by molar-refractivity contribution is 0.347. The Hall–Kier alpha value is -1.42. The second-order valence-corrected chi connectivity index (χ2v) is 3.30. The van der Waals surface area contributed by atoms with Crippen LogP contribution in [0.25, 0.3) is 0 Å².